The number of carbonyl (C=O) groups is 1. The summed E-state index contributed by atoms with van der Waals surface area (Å²) < 4.78 is 5.43. The zero-order valence-electron chi connectivity index (χ0n) is 13.1. The van der Waals surface area contributed by atoms with Crippen molar-refractivity contribution in [3.05, 3.63) is 59.4 Å². The Morgan fingerprint density at radius 3 is 2.79 bits per heavy atom. The topological polar surface area (TPSA) is 77.0 Å². The molecule has 0 saturated heterocycles. The van der Waals surface area contributed by atoms with Crippen molar-refractivity contribution in [2.45, 2.75) is 13.5 Å². The molecule has 1 amide bonds. The first-order valence-corrected chi connectivity index (χ1v) is 8.36. The van der Waals surface area contributed by atoms with Crippen LogP contribution in [0.4, 0.5) is 5.69 Å². The number of nitrogens with one attached hydrogen (secondary N) is 1. The molecule has 7 heteroatoms. The second kappa shape index (κ2) is 7.76. The smallest absolute Gasteiger partial charge is 0.275 e. The number of ether oxygens (including phenoxy) is 1. The van der Waals surface area contributed by atoms with Crippen LogP contribution in [0.25, 0.3) is 10.8 Å². The highest BCUT2D eigenvalue weighted by molar-refractivity contribution is 7.13. The van der Waals surface area contributed by atoms with Crippen LogP contribution < -0.4 is 5.32 Å². The van der Waals surface area contributed by atoms with Gasteiger partial charge in [0.2, 0.25) is 0 Å². The van der Waals surface area contributed by atoms with Crippen LogP contribution >= 0.6 is 11.3 Å². The molecule has 0 unspecified atom stereocenters. The molecule has 0 aliphatic heterocycles. The molecule has 0 saturated carbocycles. The quantitative estimate of drug-likeness (QED) is 0.744. The van der Waals surface area contributed by atoms with Crippen LogP contribution in [0.3, 0.4) is 0 Å². The molecular weight excluding hydrogens is 324 g/mol. The van der Waals surface area contributed by atoms with Gasteiger partial charge < -0.3 is 10.1 Å². The fourth-order valence-electron chi connectivity index (χ4n) is 2.06. The Hall–Kier alpha value is -2.64. The lowest BCUT2D eigenvalue weighted by Gasteiger charge is -2.10. The molecule has 1 aromatic carbocycles. The number of para-hydroxylation sites is 1. The van der Waals surface area contributed by atoms with Gasteiger partial charge in [-0.05, 0) is 19.1 Å². The van der Waals surface area contributed by atoms with Crippen molar-refractivity contribution in [1.29, 1.82) is 0 Å². The Labute approximate surface area is 143 Å². The number of thiazole rings is 1. The predicted octanol–water partition coefficient (Wildman–Crippen LogP) is 3.39. The molecule has 122 valence electrons. The fourth-order valence-corrected chi connectivity index (χ4v) is 2.80. The van der Waals surface area contributed by atoms with Gasteiger partial charge in [0, 0.05) is 35.6 Å². The molecule has 0 radical (unpaired) electrons. The number of benzene rings is 1. The van der Waals surface area contributed by atoms with Gasteiger partial charge in [0.05, 0.1) is 6.61 Å². The third kappa shape index (κ3) is 3.81. The summed E-state index contributed by atoms with van der Waals surface area (Å²) in [6, 6.07) is 9.29. The molecule has 0 aliphatic rings. The summed E-state index contributed by atoms with van der Waals surface area (Å²) in [6.07, 6.45) is 3.29. The number of carbonyl (C=O) groups excluding carboxylic acids is 1. The summed E-state index contributed by atoms with van der Waals surface area (Å²) in [6.45, 7) is 3.01. The first kappa shape index (κ1) is 16.2. The molecule has 0 spiro atoms. The maximum atomic E-state index is 12.4. The van der Waals surface area contributed by atoms with E-state index in [1.54, 1.807) is 23.8 Å². The molecule has 0 atom stereocenters. The first-order chi connectivity index (χ1) is 11.8. The molecular formula is C17H16N4O2S. The monoisotopic (exact) mass is 340 g/mol. The number of hydrogen-bond acceptors (Lipinski definition) is 6. The highest BCUT2D eigenvalue weighted by atomic mass is 32.1. The fraction of sp³-hybridized carbons (Fsp3) is 0.176. The number of nitrogens with zero attached hydrogens (tertiary/aromatic N) is 3. The van der Waals surface area contributed by atoms with Crippen molar-refractivity contribution in [3.8, 4) is 10.8 Å². The summed E-state index contributed by atoms with van der Waals surface area (Å²) in [4.78, 5) is 25.0. The lowest BCUT2D eigenvalue weighted by Crippen LogP contribution is -2.14. The lowest BCUT2D eigenvalue weighted by molar-refractivity contribution is 0.102. The van der Waals surface area contributed by atoms with Crippen LogP contribution in [0.1, 0.15) is 23.0 Å². The Kier molecular flexibility index (Phi) is 5.25. The SMILES string of the molecule is CCOCc1ccccc1NC(=O)c1csc(-c2ncccn2)n1. The second-order valence-corrected chi connectivity index (χ2v) is 5.72. The molecule has 1 N–H and O–H groups in total. The molecule has 2 aromatic heterocycles. The highest BCUT2D eigenvalue weighted by Gasteiger charge is 2.14. The van der Waals surface area contributed by atoms with Gasteiger partial charge in [0.1, 0.15) is 5.69 Å². The normalized spacial score (nSPS) is 10.5. The summed E-state index contributed by atoms with van der Waals surface area (Å²) in [5.41, 5.74) is 1.99. The van der Waals surface area contributed by atoms with Gasteiger partial charge in [0.15, 0.2) is 10.8 Å². The number of rotatable bonds is 6. The average Bonchev–Trinajstić information content (AvgIpc) is 3.12. The van der Waals surface area contributed by atoms with Crippen LogP contribution in [-0.4, -0.2) is 27.5 Å². The van der Waals surface area contributed by atoms with Crippen LogP contribution in [-0.2, 0) is 11.3 Å². The number of aromatic nitrogens is 3. The van der Waals surface area contributed by atoms with Crippen LogP contribution in [0.5, 0.6) is 0 Å². The van der Waals surface area contributed by atoms with E-state index in [0.29, 0.717) is 29.7 Å². The maximum Gasteiger partial charge on any atom is 0.275 e. The van der Waals surface area contributed by atoms with Crippen molar-refractivity contribution < 1.29 is 9.53 Å². The van der Waals surface area contributed by atoms with E-state index in [9.17, 15) is 4.79 Å². The Balaban J connectivity index is 1.75. The molecule has 0 fully saturated rings. The van der Waals surface area contributed by atoms with E-state index in [-0.39, 0.29) is 5.91 Å². The van der Waals surface area contributed by atoms with E-state index < -0.39 is 0 Å². The first-order valence-electron chi connectivity index (χ1n) is 7.48. The zero-order valence-corrected chi connectivity index (χ0v) is 13.9. The molecule has 6 nitrogen and oxygen atoms in total. The Bertz CT molecular complexity index is 820. The van der Waals surface area contributed by atoms with Crippen molar-refractivity contribution in [2.75, 3.05) is 11.9 Å². The molecule has 0 aliphatic carbocycles. The number of amides is 1. The van der Waals surface area contributed by atoms with Gasteiger partial charge >= 0.3 is 0 Å². The van der Waals surface area contributed by atoms with Crippen LogP contribution in [0.15, 0.2) is 48.1 Å². The molecule has 0 bridgehead atoms. The molecule has 24 heavy (non-hydrogen) atoms. The standard InChI is InChI=1S/C17H16N4O2S/c1-2-23-10-12-6-3-4-7-13(12)20-16(22)14-11-24-17(21-14)15-18-8-5-9-19-15/h3-9,11H,2,10H2,1H3,(H,20,22). The maximum absolute atomic E-state index is 12.4. The molecule has 3 aromatic rings. The third-order valence-corrected chi connectivity index (χ3v) is 4.06. The van der Waals surface area contributed by atoms with Crippen molar-refractivity contribution in [1.82, 2.24) is 15.0 Å². The van der Waals surface area contributed by atoms with Gasteiger partial charge in [-0.3, -0.25) is 4.79 Å². The molecule has 2 heterocycles. The second-order valence-electron chi connectivity index (χ2n) is 4.86. The van der Waals surface area contributed by atoms with Gasteiger partial charge in [-0.2, -0.15) is 0 Å². The van der Waals surface area contributed by atoms with Crippen molar-refractivity contribution in [3.63, 3.8) is 0 Å². The number of anilines is 1. The molecule has 3 rings (SSSR count). The largest absolute Gasteiger partial charge is 0.377 e. The van der Waals surface area contributed by atoms with Gasteiger partial charge in [-0.1, -0.05) is 18.2 Å². The summed E-state index contributed by atoms with van der Waals surface area (Å²) >= 11 is 1.34. The lowest BCUT2D eigenvalue weighted by atomic mass is 10.2. The van der Waals surface area contributed by atoms with E-state index in [4.69, 9.17) is 4.74 Å². The van der Waals surface area contributed by atoms with Gasteiger partial charge in [-0.25, -0.2) is 15.0 Å². The summed E-state index contributed by atoms with van der Waals surface area (Å²) in [5, 5.41) is 5.20. The van der Waals surface area contributed by atoms with Gasteiger partial charge in [0.25, 0.3) is 5.91 Å². The average molecular weight is 340 g/mol. The van der Waals surface area contributed by atoms with E-state index in [0.717, 1.165) is 11.3 Å². The predicted molar refractivity (Wildman–Crippen MR) is 92.9 cm³/mol. The van der Waals surface area contributed by atoms with Crippen LogP contribution in [0, 0.1) is 0 Å². The van der Waals surface area contributed by atoms with Gasteiger partial charge in [-0.15, -0.1) is 11.3 Å². The van der Waals surface area contributed by atoms with Crippen molar-refractivity contribution >= 4 is 22.9 Å². The minimum atomic E-state index is -0.266. The third-order valence-electron chi connectivity index (χ3n) is 3.22. The van der Waals surface area contributed by atoms with E-state index in [1.807, 2.05) is 31.2 Å². The van der Waals surface area contributed by atoms with E-state index in [2.05, 4.69) is 20.3 Å². The Morgan fingerprint density at radius 1 is 1.21 bits per heavy atom. The van der Waals surface area contributed by atoms with Crippen molar-refractivity contribution in [2.24, 2.45) is 0 Å². The summed E-state index contributed by atoms with van der Waals surface area (Å²) in [7, 11) is 0. The minimum absolute atomic E-state index is 0.266. The highest BCUT2D eigenvalue weighted by Crippen LogP contribution is 2.21. The number of hydrogen-bond donors (Lipinski definition) is 1. The van der Waals surface area contributed by atoms with Crippen LogP contribution in [0.2, 0.25) is 0 Å². The zero-order chi connectivity index (χ0) is 16.8. The van der Waals surface area contributed by atoms with E-state index >= 15 is 0 Å². The Morgan fingerprint density at radius 2 is 2.00 bits per heavy atom. The van der Waals surface area contributed by atoms with E-state index in [1.165, 1.54) is 11.3 Å². The summed E-state index contributed by atoms with van der Waals surface area (Å²) in [5.74, 6) is 0.246. The minimum Gasteiger partial charge on any atom is -0.377 e.